The summed E-state index contributed by atoms with van der Waals surface area (Å²) in [4.78, 5) is 14.5. The molecule has 0 saturated heterocycles. The number of hydrogen-bond acceptors (Lipinski definition) is 4. The molecule has 1 heterocycles. The van der Waals surface area contributed by atoms with Crippen molar-refractivity contribution in [1.29, 1.82) is 0 Å². The van der Waals surface area contributed by atoms with E-state index >= 15 is 0 Å². The first-order valence-electron chi connectivity index (χ1n) is 8.39. The molecule has 0 aromatic heterocycles. The van der Waals surface area contributed by atoms with E-state index in [-0.39, 0.29) is 11.7 Å². The van der Waals surface area contributed by atoms with Crippen molar-refractivity contribution in [1.82, 2.24) is 0 Å². The van der Waals surface area contributed by atoms with Crippen molar-refractivity contribution in [2.75, 3.05) is 17.8 Å². The number of carbonyl (C=O) groups is 1. The molecule has 1 amide bonds. The molecule has 1 aliphatic heterocycles. The number of carbonyl (C=O) groups excluding carboxylic acids is 1. The molecule has 2 aromatic carbocycles. The second kappa shape index (κ2) is 7.74. The van der Waals surface area contributed by atoms with Crippen LogP contribution in [-0.2, 0) is 21.1 Å². The lowest BCUT2D eigenvalue weighted by Crippen LogP contribution is -2.41. The second-order valence-corrected chi connectivity index (χ2v) is 8.10. The van der Waals surface area contributed by atoms with Crippen molar-refractivity contribution in [2.45, 2.75) is 18.9 Å². The Hall–Kier alpha value is -2.60. The van der Waals surface area contributed by atoms with Gasteiger partial charge in [-0.2, -0.15) is 0 Å². The Morgan fingerprint density at radius 1 is 1.12 bits per heavy atom. The lowest BCUT2D eigenvalue weighted by Gasteiger charge is -2.28. The molecule has 1 atom stereocenters. The van der Waals surface area contributed by atoms with E-state index in [1.165, 1.54) is 5.41 Å². The molecule has 5 nitrogen and oxygen atoms in total. The highest BCUT2D eigenvalue weighted by Gasteiger charge is 2.31. The molecule has 0 spiro atoms. The standard InChI is InChI=1S/C20H21NO4S/c1-25-19-10-8-17(9-11-19)21(18-13-14-26(23,24)15-18)20(22)12-7-16-5-3-2-4-6-16/h2-6,8-11,13-14,18H,7,12,15H2,1H3. The smallest absolute Gasteiger partial charge is 0.227 e. The van der Waals surface area contributed by atoms with Crippen molar-refractivity contribution in [3.05, 3.63) is 71.6 Å². The van der Waals surface area contributed by atoms with Crippen molar-refractivity contribution in [3.8, 4) is 5.75 Å². The zero-order chi connectivity index (χ0) is 18.6. The van der Waals surface area contributed by atoms with E-state index < -0.39 is 15.9 Å². The number of hydrogen-bond donors (Lipinski definition) is 0. The number of sulfone groups is 1. The molecular weight excluding hydrogens is 350 g/mol. The summed E-state index contributed by atoms with van der Waals surface area (Å²) in [5.41, 5.74) is 1.74. The summed E-state index contributed by atoms with van der Waals surface area (Å²) >= 11 is 0. The quantitative estimate of drug-likeness (QED) is 0.783. The van der Waals surface area contributed by atoms with Crippen molar-refractivity contribution < 1.29 is 17.9 Å². The van der Waals surface area contributed by atoms with Crippen LogP contribution in [0.2, 0.25) is 0 Å². The Balaban J connectivity index is 1.82. The molecule has 0 radical (unpaired) electrons. The first kappa shape index (κ1) is 18.2. The van der Waals surface area contributed by atoms with Crippen LogP contribution in [0, 0.1) is 0 Å². The van der Waals surface area contributed by atoms with Crippen LogP contribution in [0.4, 0.5) is 5.69 Å². The van der Waals surface area contributed by atoms with Crippen LogP contribution in [0.5, 0.6) is 5.75 Å². The molecule has 1 aliphatic rings. The van der Waals surface area contributed by atoms with Gasteiger partial charge in [-0.15, -0.1) is 0 Å². The van der Waals surface area contributed by atoms with Crippen molar-refractivity contribution in [2.24, 2.45) is 0 Å². The summed E-state index contributed by atoms with van der Waals surface area (Å²) in [6, 6.07) is 16.4. The molecule has 0 saturated carbocycles. The molecule has 26 heavy (non-hydrogen) atoms. The largest absolute Gasteiger partial charge is 0.497 e. The summed E-state index contributed by atoms with van der Waals surface area (Å²) in [6.45, 7) is 0. The van der Waals surface area contributed by atoms with Crippen molar-refractivity contribution in [3.63, 3.8) is 0 Å². The molecule has 0 N–H and O–H groups in total. The Labute approximate surface area is 153 Å². The van der Waals surface area contributed by atoms with Crippen LogP contribution in [-0.4, -0.2) is 33.2 Å². The Morgan fingerprint density at radius 2 is 1.81 bits per heavy atom. The maximum absolute atomic E-state index is 12.9. The van der Waals surface area contributed by atoms with E-state index in [0.29, 0.717) is 24.3 Å². The number of rotatable bonds is 6. The molecule has 136 valence electrons. The highest BCUT2D eigenvalue weighted by molar-refractivity contribution is 7.94. The summed E-state index contributed by atoms with van der Waals surface area (Å²) in [5.74, 6) is 0.488. The third-order valence-corrected chi connectivity index (χ3v) is 5.71. The van der Waals surface area contributed by atoms with Gasteiger partial charge in [-0.25, -0.2) is 8.42 Å². The van der Waals surface area contributed by atoms with Gasteiger partial charge in [-0.05, 0) is 42.3 Å². The third kappa shape index (κ3) is 4.32. The summed E-state index contributed by atoms with van der Waals surface area (Å²) in [6.07, 6.45) is 2.50. The Kier molecular flexibility index (Phi) is 5.42. The van der Waals surface area contributed by atoms with Gasteiger partial charge in [0.15, 0.2) is 9.84 Å². The number of benzene rings is 2. The van der Waals surface area contributed by atoms with E-state index in [1.807, 2.05) is 30.3 Å². The van der Waals surface area contributed by atoms with Gasteiger partial charge in [0, 0.05) is 17.5 Å². The van der Waals surface area contributed by atoms with E-state index in [1.54, 1.807) is 42.4 Å². The van der Waals surface area contributed by atoms with Gasteiger partial charge in [0.1, 0.15) is 5.75 Å². The molecule has 2 aromatic rings. The minimum atomic E-state index is -3.26. The number of anilines is 1. The van der Waals surface area contributed by atoms with E-state index in [0.717, 1.165) is 5.56 Å². The van der Waals surface area contributed by atoms with Crippen molar-refractivity contribution >= 4 is 21.4 Å². The number of nitrogens with zero attached hydrogens (tertiary/aromatic N) is 1. The maximum atomic E-state index is 12.9. The third-order valence-electron chi connectivity index (χ3n) is 4.33. The monoisotopic (exact) mass is 371 g/mol. The number of amides is 1. The Morgan fingerprint density at radius 3 is 2.38 bits per heavy atom. The predicted molar refractivity (Wildman–Crippen MR) is 102 cm³/mol. The maximum Gasteiger partial charge on any atom is 0.227 e. The SMILES string of the molecule is COc1ccc(N(C(=O)CCc2ccccc2)C2C=CS(=O)(=O)C2)cc1. The van der Waals surface area contributed by atoms with Gasteiger partial charge in [0.2, 0.25) is 5.91 Å². The van der Waals surface area contributed by atoms with Gasteiger partial charge < -0.3 is 9.64 Å². The lowest BCUT2D eigenvalue weighted by atomic mass is 10.1. The van der Waals surface area contributed by atoms with Gasteiger partial charge in [-0.1, -0.05) is 30.3 Å². The minimum absolute atomic E-state index is 0.0872. The second-order valence-electron chi connectivity index (χ2n) is 6.17. The average molecular weight is 371 g/mol. The van der Waals surface area contributed by atoms with Crippen LogP contribution in [0.3, 0.4) is 0 Å². The number of methoxy groups -OCH3 is 1. The molecular formula is C20H21NO4S. The van der Waals surface area contributed by atoms with Gasteiger partial charge in [0.05, 0.1) is 18.9 Å². The summed E-state index contributed by atoms with van der Waals surface area (Å²) < 4.78 is 28.8. The summed E-state index contributed by atoms with van der Waals surface area (Å²) in [5, 5.41) is 1.19. The van der Waals surface area contributed by atoms with E-state index in [2.05, 4.69) is 0 Å². The number of aryl methyl sites for hydroxylation is 1. The predicted octanol–water partition coefficient (Wildman–Crippen LogP) is 2.97. The minimum Gasteiger partial charge on any atom is -0.497 e. The number of ether oxygens (including phenoxy) is 1. The zero-order valence-electron chi connectivity index (χ0n) is 14.5. The van der Waals surface area contributed by atoms with Crippen LogP contribution in [0.1, 0.15) is 12.0 Å². The normalized spacial score (nSPS) is 17.8. The highest BCUT2D eigenvalue weighted by atomic mass is 32.2. The lowest BCUT2D eigenvalue weighted by molar-refractivity contribution is -0.118. The highest BCUT2D eigenvalue weighted by Crippen LogP contribution is 2.26. The fourth-order valence-electron chi connectivity index (χ4n) is 3.00. The average Bonchev–Trinajstić information content (AvgIpc) is 3.01. The summed E-state index contributed by atoms with van der Waals surface area (Å²) in [7, 11) is -1.69. The fourth-order valence-corrected chi connectivity index (χ4v) is 4.27. The van der Waals surface area contributed by atoms with Gasteiger partial charge >= 0.3 is 0 Å². The molecule has 3 rings (SSSR count). The van der Waals surface area contributed by atoms with E-state index in [9.17, 15) is 13.2 Å². The van der Waals surface area contributed by atoms with Gasteiger partial charge in [-0.3, -0.25) is 4.79 Å². The Bertz CT molecular complexity index is 889. The molecule has 0 bridgehead atoms. The fraction of sp³-hybridized carbons (Fsp3) is 0.250. The molecule has 1 unspecified atom stereocenters. The molecule has 6 heteroatoms. The van der Waals surface area contributed by atoms with Gasteiger partial charge in [0.25, 0.3) is 0 Å². The first-order chi connectivity index (χ1) is 12.5. The van der Waals surface area contributed by atoms with Crippen LogP contribution in [0.15, 0.2) is 66.1 Å². The molecule has 0 fully saturated rings. The first-order valence-corrected chi connectivity index (χ1v) is 10.1. The molecule has 0 aliphatic carbocycles. The zero-order valence-corrected chi connectivity index (χ0v) is 15.4. The topological polar surface area (TPSA) is 63.7 Å². The van der Waals surface area contributed by atoms with Crippen LogP contribution < -0.4 is 9.64 Å². The van der Waals surface area contributed by atoms with E-state index in [4.69, 9.17) is 4.74 Å². The van der Waals surface area contributed by atoms with Crippen LogP contribution >= 0.6 is 0 Å². The van der Waals surface area contributed by atoms with Crippen LogP contribution in [0.25, 0.3) is 0 Å².